The second-order valence-corrected chi connectivity index (χ2v) is 22.5. The maximum absolute atomic E-state index is 3.70. The predicted octanol–water partition coefficient (Wildman–Crippen LogP) is 20.7. The third-order valence-electron chi connectivity index (χ3n) is 17.6. The van der Waals surface area contributed by atoms with Crippen molar-refractivity contribution in [1.29, 1.82) is 0 Å². The molecule has 0 unspecified atom stereocenters. The molecule has 0 saturated carbocycles. The average molecular weight is 1100 g/mol. The first kappa shape index (κ1) is 50.8. The Morgan fingerprint density at radius 1 is 0.337 bits per heavy atom. The van der Waals surface area contributed by atoms with Crippen LogP contribution in [0.2, 0.25) is 0 Å². The molecule has 0 radical (unpaired) electrons. The van der Waals surface area contributed by atoms with E-state index in [1.54, 1.807) is 0 Å². The summed E-state index contributed by atoms with van der Waals surface area (Å²) in [5.74, 6) is 0. The number of nitrogens with one attached hydrogen (secondary N) is 1. The summed E-state index contributed by atoms with van der Waals surface area (Å²) < 4.78 is 4.81. The van der Waals surface area contributed by atoms with Gasteiger partial charge in [0.05, 0.1) is 16.7 Å². The highest BCUT2D eigenvalue weighted by molar-refractivity contribution is 6.26. The Labute approximate surface area is 500 Å². The van der Waals surface area contributed by atoms with Crippen LogP contribution in [-0.2, 0) is 6.42 Å². The molecule has 86 heavy (non-hydrogen) atoms. The van der Waals surface area contributed by atoms with E-state index >= 15 is 0 Å². The predicted molar refractivity (Wildman–Crippen MR) is 367 cm³/mol. The molecule has 0 bridgehead atoms. The zero-order chi connectivity index (χ0) is 56.9. The first-order valence-corrected chi connectivity index (χ1v) is 30.1. The molecule has 2 aliphatic rings. The lowest BCUT2D eigenvalue weighted by atomic mass is 9.83. The molecule has 15 aromatic rings. The normalized spacial score (nSPS) is 12.6. The van der Waals surface area contributed by atoms with Crippen LogP contribution in [0.1, 0.15) is 30.5 Å². The lowest BCUT2D eigenvalue weighted by Crippen LogP contribution is -2.30. The Balaban J connectivity index is 0.000000267. The van der Waals surface area contributed by atoms with Crippen LogP contribution in [0.15, 0.2) is 291 Å². The number of anilines is 5. The molecule has 0 spiro atoms. The first-order chi connectivity index (χ1) is 42.7. The van der Waals surface area contributed by atoms with E-state index in [2.05, 4.69) is 329 Å². The number of rotatable bonds is 9. The van der Waals surface area contributed by atoms with Gasteiger partial charge in [0.2, 0.25) is 0 Å². The molecule has 17 rings (SSSR count). The summed E-state index contributed by atoms with van der Waals surface area (Å²) in [4.78, 5) is 2.42. The fourth-order valence-electron chi connectivity index (χ4n) is 13.9. The quantitative estimate of drug-likeness (QED) is 0.146. The topological polar surface area (TPSA) is 25.1 Å². The molecule has 2 aromatic heterocycles. The molecule has 0 atom stereocenters. The standard InChI is InChI=1S/C64H45N3.C18H15N/c1-3-19-43(20-4-1)65-59-41-39-57(47-23-7-9-25-49(47)59)63-53-29-11-13-31-55(53)64(56-32-14-12-30-54(56)63)58-40-42-62(50-26-10-8-24-48(50)58)66(44-21-5-2-6-22-44)45-35-37-46(38-36-45)67-60-33-17-15-27-51(60)52-28-16-18-34-61(52)67;1-2-8-14(9-3-1)19-17-12-6-4-10-15(17)16-11-5-7-13-18(16)19/h1-15,17-27,29-42,65H,16,28H2;1-4,6,8-13H,5,7H2. The lowest BCUT2D eigenvalue weighted by molar-refractivity contribution is 0.967. The van der Waals surface area contributed by atoms with Crippen LogP contribution in [0.3, 0.4) is 0 Å². The Hall–Kier alpha value is -10.9. The number of hydrogen-bond donors (Lipinski definition) is 1. The van der Waals surface area contributed by atoms with Gasteiger partial charge in [-0.2, -0.15) is 0 Å². The number of benzene rings is 13. The second-order valence-electron chi connectivity index (χ2n) is 22.5. The largest absolute Gasteiger partial charge is 0.355 e. The van der Waals surface area contributed by atoms with Gasteiger partial charge in [-0.3, -0.25) is 0 Å². The summed E-state index contributed by atoms with van der Waals surface area (Å²) in [6.07, 6.45) is 13.8. The van der Waals surface area contributed by atoms with Gasteiger partial charge in [-0.05, 0) is 177 Å². The molecule has 408 valence electrons. The smallest absolute Gasteiger partial charge is 0.0540 e. The van der Waals surface area contributed by atoms with Crippen molar-refractivity contribution in [1.82, 2.24) is 9.13 Å². The minimum atomic E-state index is 1.07. The van der Waals surface area contributed by atoms with E-state index in [-0.39, 0.29) is 0 Å². The van der Waals surface area contributed by atoms with Gasteiger partial charge < -0.3 is 19.4 Å². The molecule has 0 saturated heterocycles. The van der Waals surface area contributed by atoms with Gasteiger partial charge in [0.1, 0.15) is 0 Å². The van der Waals surface area contributed by atoms with Crippen LogP contribution in [0.4, 0.5) is 28.4 Å². The molecule has 0 fully saturated rings. The molecule has 0 amide bonds. The molecule has 13 aromatic carbocycles. The molecule has 0 aliphatic heterocycles. The van der Waals surface area contributed by atoms with Crippen molar-refractivity contribution in [3.63, 3.8) is 0 Å². The van der Waals surface area contributed by atoms with Crippen molar-refractivity contribution in [3.8, 4) is 33.6 Å². The zero-order valence-electron chi connectivity index (χ0n) is 47.6. The summed E-state index contributed by atoms with van der Waals surface area (Å²) in [5.41, 5.74) is 18.1. The van der Waals surface area contributed by atoms with E-state index in [1.165, 1.54) is 115 Å². The summed E-state index contributed by atoms with van der Waals surface area (Å²) >= 11 is 0. The SMILES string of the molecule is C1=Cc2c(c3ccccc3n2-c2ccc(N(c3ccccc3)c3ccc(-c4c5ccccc5c(-c5ccc(Nc6ccccc6)c6ccccc56)c5ccccc45)c4ccccc34)cc2)CC1.C1=c2c(n(-c3ccccc3)c3ccccc23)=CCC1. The van der Waals surface area contributed by atoms with Crippen molar-refractivity contribution in [2.45, 2.75) is 25.7 Å². The van der Waals surface area contributed by atoms with E-state index in [0.29, 0.717) is 0 Å². The van der Waals surface area contributed by atoms with Crippen molar-refractivity contribution < 1.29 is 0 Å². The highest BCUT2D eigenvalue weighted by Gasteiger charge is 2.24. The number of nitrogens with zero attached hydrogens (tertiary/aromatic N) is 3. The summed E-state index contributed by atoms with van der Waals surface area (Å²) in [7, 11) is 0. The van der Waals surface area contributed by atoms with Gasteiger partial charge in [0.15, 0.2) is 0 Å². The fourth-order valence-corrected chi connectivity index (χ4v) is 13.9. The van der Waals surface area contributed by atoms with E-state index < -0.39 is 0 Å². The van der Waals surface area contributed by atoms with Gasteiger partial charge >= 0.3 is 0 Å². The van der Waals surface area contributed by atoms with Crippen LogP contribution in [0.5, 0.6) is 0 Å². The van der Waals surface area contributed by atoms with Crippen molar-refractivity contribution in [2.24, 2.45) is 0 Å². The highest BCUT2D eigenvalue weighted by atomic mass is 15.1. The van der Waals surface area contributed by atoms with Crippen LogP contribution in [0, 0.1) is 0 Å². The van der Waals surface area contributed by atoms with Crippen LogP contribution >= 0.6 is 0 Å². The maximum atomic E-state index is 3.70. The Kier molecular flexibility index (Phi) is 12.8. The van der Waals surface area contributed by atoms with Gasteiger partial charge in [0, 0.05) is 71.9 Å². The number of para-hydroxylation sites is 5. The van der Waals surface area contributed by atoms with E-state index in [4.69, 9.17) is 0 Å². The molecule has 4 nitrogen and oxygen atoms in total. The van der Waals surface area contributed by atoms with E-state index in [1.807, 2.05) is 0 Å². The zero-order valence-corrected chi connectivity index (χ0v) is 47.6. The fraction of sp³-hybridized carbons (Fsp3) is 0.0488. The summed E-state index contributed by atoms with van der Waals surface area (Å²) in [6, 6.07) is 104. The molecule has 2 heterocycles. The molecular formula is C82H60N4. The number of fused-ring (bicyclic) bond motifs is 10. The Morgan fingerprint density at radius 2 is 0.814 bits per heavy atom. The minimum absolute atomic E-state index is 1.07. The molecule has 2 aliphatic carbocycles. The number of hydrogen-bond acceptors (Lipinski definition) is 2. The minimum Gasteiger partial charge on any atom is -0.355 e. The molecule has 1 N–H and O–H groups in total. The number of aromatic nitrogens is 2. The van der Waals surface area contributed by atoms with Gasteiger partial charge in [0.25, 0.3) is 0 Å². The Bertz CT molecular complexity index is 5190. The monoisotopic (exact) mass is 1100 g/mol. The average Bonchev–Trinajstić information content (AvgIpc) is 1.35. The van der Waals surface area contributed by atoms with Gasteiger partial charge in [-0.1, -0.05) is 218 Å². The van der Waals surface area contributed by atoms with Gasteiger partial charge in [-0.15, -0.1) is 0 Å². The van der Waals surface area contributed by atoms with Crippen LogP contribution < -0.4 is 20.8 Å². The summed E-state index contributed by atoms with van der Waals surface area (Å²) in [5, 5.41) is 18.9. The van der Waals surface area contributed by atoms with Crippen LogP contribution in [-0.4, -0.2) is 9.13 Å². The van der Waals surface area contributed by atoms with Crippen molar-refractivity contribution in [3.05, 3.63) is 313 Å². The van der Waals surface area contributed by atoms with Crippen LogP contribution in [0.25, 0.3) is 117 Å². The third kappa shape index (κ3) is 8.68. The Morgan fingerprint density at radius 3 is 1.47 bits per heavy atom. The van der Waals surface area contributed by atoms with Gasteiger partial charge in [-0.25, -0.2) is 0 Å². The number of allylic oxidation sites excluding steroid dienone is 1. The molecular weight excluding hydrogens is 1040 g/mol. The molecule has 4 heteroatoms. The van der Waals surface area contributed by atoms with E-state index in [0.717, 1.165) is 59.8 Å². The van der Waals surface area contributed by atoms with Crippen molar-refractivity contribution >= 4 is 112 Å². The third-order valence-corrected chi connectivity index (χ3v) is 17.6. The lowest BCUT2D eigenvalue weighted by Gasteiger charge is -2.28. The van der Waals surface area contributed by atoms with Crippen molar-refractivity contribution in [2.75, 3.05) is 10.2 Å². The van der Waals surface area contributed by atoms with E-state index in [9.17, 15) is 0 Å². The maximum Gasteiger partial charge on any atom is 0.0540 e. The summed E-state index contributed by atoms with van der Waals surface area (Å²) in [6.45, 7) is 0. The second kappa shape index (κ2) is 21.7. The first-order valence-electron chi connectivity index (χ1n) is 30.1. The highest BCUT2D eigenvalue weighted by Crippen LogP contribution is 2.50. The number of aryl methyl sites for hydroxylation is 1.